The van der Waals surface area contributed by atoms with Crippen molar-refractivity contribution in [1.82, 2.24) is 0 Å². The van der Waals surface area contributed by atoms with Crippen LogP contribution in [-0.2, 0) is 19.1 Å². The minimum Gasteiger partial charge on any atom is -0.465 e. The quantitative estimate of drug-likeness (QED) is 0.309. The molecule has 0 spiro atoms. The molecule has 0 radical (unpaired) electrons. The summed E-state index contributed by atoms with van der Waals surface area (Å²) in [6.07, 6.45) is 5.98. The van der Waals surface area contributed by atoms with E-state index >= 15 is 0 Å². The second kappa shape index (κ2) is 13.0. The van der Waals surface area contributed by atoms with E-state index in [4.69, 9.17) is 20.3 Å². The molecule has 0 unspecified atom stereocenters. The number of nitrogens with one attached hydrogen (secondary N) is 2. The largest absolute Gasteiger partial charge is 0.465 e. The van der Waals surface area contributed by atoms with E-state index in [0.717, 1.165) is 38.5 Å². The van der Waals surface area contributed by atoms with Crippen molar-refractivity contribution < 1.29 is 19.1 Å². The number of hydrogen-bond acceptors (Lipinski definition) is 6. The first-order valence-electron chi connectivity index (χ1n) is 7.81. The summed E-state index contributed by atoms with van der Waals surface area (Å²) in [5.41, 5.74) is 0.642. The summed E-state index contributed by atoms with van der Waals surface area (Å²) >= 11 is 0. The van der Waals surface area contributed by atoms with Crippen LogP contribution in [0.25, 0.3) is 0 Å². The average Bonchev–Trinajstić information content (AvgIpc) is 2.39. The van der Waals surface area contributed by atoms with Gasteiger partial charge in [-0.2, -0.15) is 0 Å². The molecule has 0 amide bonds. The molecule has 0 fully saturated rings. The Morgan fingerprint density at radius 1 is 0.682 bits per heavy atom. The Kier molecular flexibility index (Phi) is 12.0. The first-order valence-corrected chi connectivity index (χ1v) is 7.81. The monoisotopic (exact) mass is 312 g/mol. The summed E-state index contributed by atoms with van der Waals surface area (Å²) in [5, 5.41) is 14.3. The van der Waals surface area contributed by atoms with Gasteiger partial charge in [0.05, 0.1) is 26.1 Å². The molecule has 2 N–H and O–H groups in total. The van der Waals surface area contributed by atoms with Crippen molar-refractivity contribution in [1.29, 1.82) is 10.8 Å². The molecule has 0 heterocycles. The number of ether oxygens (including phenoxy) is 2. The Hall–Kier alpha value is -1.72. The zero-order valence-corrected chi connectivity index (χ0v) is 13.7. The van der Waals surface area contributed by atoms with Gasteiger partial charge in [-0.15, -0.1) is 0 Å². The number of unbranched alkanes of at least 4 members (excludes halogenated alkanes) is 5. The maximum absolute atomic E-state index is 11.2. The molecule has 0 aliphatic rings. The Bertz CT molecular complexity index is 344. The Balaban J connectivity index is 3.27. The Labute approximate surface area is 132 Å². The number of hydrogen-bond donors (Lipinski definition) is 2. The van der Waals surface area contributed by atoms with Gasteiger partial charge in [0.25, 0.3) is 0 Å². The summed E-state index contributed by atoms with van der Waals surface area (Å²) in [4.78, 5) is 22.3. The van der Waals surface area contributed by atoms with E-state index in [1.165, 1.54) is 0 Å². The molecule has 126 valence electrons. The average molecular weight is 312 g/mol. The van der Waals surface area contributed by atoms with E-state index in [9.17, 15) is 9.59 Å². The lowest BCUT2D eigenvalue weighted by Gasteiger charge is -2.05. The Morgan fingerprint density at radius 2 is 1.00 bits per heavy atom. The SMILES string of the molecule is CC(=N)CC(=O)OCCCCCCCCOC(=O)CC(C)=N. The van der Waals surface area contributed by atoms with Crippen LogP contribution in [-0.4, -0.2) is 36.6 Å². The van der Waals surface area contributed by atoms with Gasteiger partial charge in [-0.1, -0.05) is 25.7 Å². The smallest absolute Gasteiger partial charge is 0.311 e. The van der Waals surface area contributed by atoms with Crippen molar-refractivity contribution in [3.8, 4) is 0 Å². The highest BCUT2D eigenvalue weighted by Crippen LogP contribution is 2.06. The summed E-state index contributed by atoms with van der Waals surface area (Å²) < 4.78 is 10.0. The number of rotatable bonds is 13. The first kappa shape index (κ1) is 20.3. The highest BCUT2D eigenvalue weighted by atomic mass is 16.5. The van der Waals surface area contributed by atoms with E-state index in [1.54, 1.807) is 13.8 Å². The van der Waals surface area contributed by atoms with Crippen LogP contribution in [0.2, 0.25) is 0 Å². The molecule has 0 aromatic rings. The van der Waals surface area contributed by atoms with Gasteiger partial charge in [0, 0.05) is 11.4 Å². The van der Waals surface area contributed by atoms with Crippen molar-refractivity contribution in [2.24, 2.45) is 0 Å². The molecular weight excluding hydrogens is 284 g/mol. The molecule has 0 saturated heterocycles. The van der Waals surface area contributed by atoms with Crippen LogP contribution < -0.4 is 0 Å². The van der Waals surface area contributed by atoms with Gasteiger partial charge in [0.15, 0.2) is 0 Å². The van der Waals surface area contributed by atoms with Gasteiger partial charge >= 0.3 is 11.9 Å². The van der Waals surface area contributed by atoms with Gasteiger partial charge in [-0.3, -0.25) is 9.59 Å². The van der Waals surface area contributed by atoms with Crippen LogP contribution in [0.3, 0.4) is 0 Å². The third-order valence-electron chi connectivity index (χ3n) is 2.88. The third-order valence-corrected chi connectivity index (χ3v) is 2.88. The van der Waals surface area contributed by atoms with Gasteiger partial charge in [-0.05, 0) is 26.7 Å². The third kappa shape index (κ3) is 14.7. The van der Waals surface area contributed by atoms with Gasteiger partial charge < -0.3 is 20.3 Å². The molecule has 0 aromatic heterocycles. The maximum Gasteiger partial charge on any atom is 0.311 e. The second-order valence-corrected chi connectivity index (χ2v) is 5.48. The van der Waals surface area contributed by atoms with Crippen molar-refractivity contribution in [2.75, 3.05) is 13.2 Å². The molecule has 0 rings (SSSR count). The minimum absolute atomic E-state index is 0.0796. The molecule has 6 nitrogen and oxygen atoms in total. The molecule has 0 saturated carbocycles. The highest BCUT2D eigenvalue weighted by molar-refractivity contribution is 5.96. The van der Waals surface area contributed by atoms with Crippen LogP contribution in [0.15, 0.2) is 0 Å². The summed E-state index contributed by atoms with van der Waals surface area (Å²) in [5.74, 6) is -0.649. The fourth-order valence-electron chi connectivity index (χ4n) is 1.82. The van der Waals surface area contributed by atoms with Crippen LogP contribution in [0, 0.1) is 10.8 Å². The minimum atomic E-state index is -0.325. The van der Waals surface area contributed by atoms with E-state index in [0.29, 0.717) is 24.6 Å². The topological polar surface area (TPSA) is 100 Å². The van der Waals surface area contributed by atoms with Crippen LogP contribution in [0.1, 0.15) is 65.2 Å². The van der Waals surface area contributed by atoms with Gasteiger partial charge in [0.2, 0.25) is 0 Å². The predicted molar refractivity (Wildman–Crippen MR) is 85.7 cm³/mol. The standard InChI is InChI=1S/C16H28N2O4/c1-13(17)11-15(19)21-9-7-5-3-4-6-8-10-22-16(20)12-14(2)18/h17-18H,3-12H2,1-2H3. The fraction of sp³-hybridized carbons (Fsp3) is 0.750. The van der Waals surface area contributed by atoms with Crippen molar-refractivity contribution in [3.63, 3.8) is 0 Å². The zero-order chi connectivity index (χ0) is 16.8. The van der Waals surface area contributed by atoms with E-state index in [-0.39, 0.29) is 24.8 Å². The summed E-state index contributed by atoms with van der Waals surface area (Å²) in [7, 11) is 0. The lowest BCUT2D eigenvalue weighted by molar-refractivity contribution is -0.143. The summed E-state index contributed by atoms with van der Waals surface area (Å²) in [6.45, 7) is 4.02. The van der Waals surface area contributed by atoms with E-state index in [1.807, 2.05) is 0 Å². The fourth-order valence-corrected chi connectivity index (χ4v) is 1.82. The molecule has 0 aromatic carbocycles. The molecule has 0 aliphatic heterocycles. The number of carbonyl (C=O) groups is 2. The lowest BCUT2D eigenvalue weighted by Crippen LogP contribution is -2.09. The Morgan fingerprint density at radius 3 is 1.32 bits per heavy atom. The highest BCUT2D eigenvalue weighted by Gasteiger charge is 2.04. The van der Waals surface area contributed by atoms with E-state index < -0.39 is 0 Å². The molecular formula is C16H28N2O4. The number of carbonyl (C=O) groups excluding carboxylic acids is 2. The molecule has 6 heteroatoms. The molecule has 22 heavy (non-hydrogen) atoms. The van der Waals surface area contributed by atoms with Crippen LogP contribution in [0.5, 0.6) is 0 Å². The van der Waals surface area contributed by atoms with Crippen LogP contribution >= 0.6 is 0 Å². The van der Waals surface area contributed by atoms with Crippen molar-refractivity contribution in [3.05, 3.63) is 0 Å². The molecule has 0 bridgehead atoms. The zero-order valence-electron chi connectivity index (χ0n) is 13.7. The van der Waals surface area contributed by atoms with Crippen molar-refractivity contribution >= 4 is 23.4 Å². The first-order chi connectivity index (χ1) is 10.4. The molecule has 0 atom stereocenters. The second-order valence-electron chi connectivity index (χ2n) is 5.48. The van der Waals surface area contributed by atoms with Gasteiger partial charge in [0.1, 0.15) is 0 Å². The normalized spacial score (nSPS) is 10.1. The predicted octanol–water partition coefficient (Wildman–Crippen LogP) is 3.27. The number of esters is 2. The maximum atomic E-state index is 11.2. The van der Waals surface area contributed by atoms with Crippen LogP contribution in [0.4, 0.5) is 0 Å². The van der Waals surface area contributed by atoms with Crippen molar-refractivity contribution in [2.45, 2.75) is 65.2 Å². The molecule has 0 aliphatic carbocycles. The lowest BCUT2D eigenvalue weighted by atomic mass is 10.1. The van der Waals surface area contributed by atoms with E-state index in [2.05, 4.69) is 0 Å². The summed E-state index contributed by atoms with van der Waals surface area (Å²) in [6, 6.07) is 0. The van der Waals surface area contributed by atoms with Gasteiger partial charge in [-0.25, -0.2) is 0 Å².